The maximum Gasteiger partial charge on any atom is 0.330 e. The Morgan fingerprint density at radius 3 is 2.94 bits per heavy atom. The third kappa shape index (κ3) is 1.32. The van der Waals surface area contributed by atoms with E-state index in [1.54, 1.807) is 18.6 Å². The molecule has 0 atom stereocenters. The van der Waals surface area contributed by atoms with Crippen molar-refractivity contribution in [3.8, 4) is 5.69 Å². The first kappa shape index (κ1) is 8.91. The molecule has 0 radical (unpaired) electrons. The molecule has 4 heteroatoms. The number of pyridine rings is 1. The Morgan fingerprint density at radius 2 is 2.12 bits per heavy atom. The molecule has 0 unspecified atom stereocenters. The van der Waals surface area contributed by atoms with E-state index in [0.717, 1.165) is 16.6 Å². The molecule has 0 aliphatic carbocycles. The summed E-state index contributed by atoms with van der Waals surface area (Å²) in [6.07, 6.45) is 4.99. The van der Waals surface area contributed by atoms with Crippen LogP contribution in [0.25, 0.3) is 16.6 Å². The molecular weight excluding hydrogens is 202 g/mol. The monoisotopic (exact) mass is 211 g/mol. The molecule has 16 heavy (non-hydrogen) atoms. The van der Waals surface area contributed by atoms with Crippen molar-refractivity contribution in [1.82, 2.24) is 14.5 Å². The molecule has 0 fully saturated rings. The average Bonchev–Trinajstić information content (AvgIpc) is 2.75. The third-order valence-corrected chi connectivity index (χ3v) is 2.50. The van der Waals surface area contributed by atoms with Crippen molar-refractivity contribution in [2.45, 2.75) is 0 Å². The van der Waals surface area contributed by atoms with Crippen molar-refractivity contribution in [3.05, 3.63) is 59.4 Å². The molecule has 0 spiro atoms. The van der Waals surface area contributed by atoms with E-state index in [-0.39, 0.29) is 5.69 Å². The van der Waals surface area contributed by atoms with Crippen molar-refractivity contribution in [2.24, 2.45) is 0 Å². The van der Waals surface area contributed by atoms with Crippen LogP contribution >= 0.6 is 0 Å². The van der Waals surface area contributed by atoms with Gasteiger partial charge >= 0.3 is 5.69 Å². The zero-order chi connectivity index (χ0) is 11.0. The minimum atomic E-state index is -0.155. The van der Waals surface area contributed by atoms with Gasteiger partial charge in [-0.1, -0.05) is 18.2 Å². The Bertz CT molecular complexity index is 696. The van der Waals surface area contributed by atoms with Crippen LogP contribution in [0.1, 0.15) is 0 Å². The lowest BCUT2D eigenvalue weighted by Gasteiger charge is -2.02. The predicted octanol–water partition coefficient (Wildman–Crippen LogP) is 1.71. The number of rotatable bonds is 1. The first-order valence-corrected chi connectivity index (χ1v) is 4.96. The summed E-state index contributed by atoms with van der Waals surface area (Å²) in [6.45, 7) is 0. The van der Waals surface area contributed by atoms with Crippen LogP contribution in [0.2, 0.25) is 0 Å². The van der Waals surface area contributed by atoms with E-state index < -0.39 is 0 Å². The molecule has 1 aromatic carbocycles. The van der Waals surface area contributed by atoms with Gasteiger partial charge in [0.1, 0.15) is 0 Å². The van der Waals surface area contributed by atoms with Gasteiger partial charge in [0.05, 0.1) is 17.4 Å². The summed E-state index contributed by atoms with van der Waals surface area (Å²) in [5.41, 5.74) is 1.54. The molecule has 0 amide bonds. The number of nitrogens with zero attached hydrogens (tertiary/aromatic N) is 2. The van der Waals surface area contributed by atoms with Crippen molar-refractivity contribution >= 4 is 10.9 Å². The molecular formula is C12H9N3O. The van der Waals surface area contributed by atoms with Crippen molar-refractivity contribution in [2.75, 3.05) is 0 Å². The molecule has 4 nitrogen and oxygen atoms in total. The second-order valence-corrected chi connectivity index (χ2v) is 3.52. The van der Waals surface area contributed by atoms with Gasteiger partial charge in [0.15, 0.2) is 0 Å². The molecule has 3 rings (SSSR count). The average molecular weight is 211 g/mol. The van der Waals surface area contributed by atoms with E-state index in [2.05, 4.69) is 9.97 Å². The Morgan fingerprint density at radius 1 is 1.25 bits per heavy atom. The van der Waals surface area contributed by atoms with Crippen LogP contribution in [-0.4, -0.2) is 14.5 Å². The first-order valence-electron chi connectivity index (χ1n) is 4.96. The number of aromatic nitrogens is 3. The lowest BCUT2D eigenvalue weighted by Crippen LogP contribution is -2.14. The number of nitrogens with one attached hydrogen (secondary N) is 1. The van der Waals surface area contributed by atoms with E-state index in [4.69, 9.17) is 0 Å². The fourth-order valence-electron chi connectivity index (χ4n) is 1.71. The fraction of sp³-hybridized carbons (Fsp3) is 0. The highest BCUT2D eigenvalue weighted by molar-refractivity contribution is 5.80. The number of hydrogen-bond acceptors (Lipinski definition) is 2. The molecule has 78 valence electrons. The Labute approximate surface area is 91.2 Å². The summed E-state index contributed by atoms with van der Waals surface area (Å²) in [4.78, 5) is 18.3. The highest BCUT2D eigenvalue weighted by atomic mass is 16.1. The normalized spacial score (nSPS) is 10.8. The SMILES string of the molecule is O=c1[nH]ccn1-c1cnc2ccccc2c1. The van der Waals surface area contributed by atoms with Gasteiger partial charge in [-0.25, -0.2) is 4.79 Å². The lowest BCUT2D eigenvalue weighted by atomic mass is 10.2. The maximum atomic E-state index is 11.4. The molecule has 1 N–H and O–H groups in total. The number of imidazole rings is 1. The van der Waals surface area contributed by atoms with E-state index >= 15 is 0 Å². The Balaban J connectivity index is 2.27. The second kappa shape index (κ2) is 3.34. The van der Waals surface area contributed by atoms with E-state index in [9.17, 15) is 4.79 Å². The van der Waals surface area contributed by atoms with Gasteiger partial charge in [-0.15, -0.1) is 0 Å². The number of H-pyrrole nitrogens is 1. The van der Waals surface area contributed by atoms with Gasteiger partial charge < -0.3 is 4.98 Å². The summed E-state index contributed by atoms with van der Waals surface area (Å²) in [6, 6.07) is 9.76. The van der Waals surface area contributed by atoms with Gasteiger partial charge in [-0.3, -0.25) is 9.55 Å². The van der Waals surface area contributed by atoms with E-state index in [0.29, 0.717) is 0 Å². The zero-order valence-corrected chi connectivity index (χ0v) is 8.42. The van der Waals surface area contributed by atoms with Gasteiger partial charge in [0.2, 0.25) is 0 Å². The number of aromatic amines is 1. The summed E-state index contributed by atoms with van der Waals surface area (Å²) in [7, 11) is 0. The predicted molar refractivity (Wildman–Crippen MR) is 61.7 cm³/mol. The van der Waals surface area contributed by atoms with Crippen molar-refractivity contribution in [1.29, 1.82) is 0 Å². The van der Waals surface area contributed by atoms with Gasteiger partial charge in [-0.05, 0) is 12.1 Å². The Kier molecular flexibility index (Phi) is 1.86. The topological polar surface area (TPSA) is 50.7 Å². The molecule has 0 aliphatic rings. The molecule has 0 saturated heterocycles. The molecule has 0 aliphatic heterocycles. The quantitative estimate of drug-likeness (QED) is 0.666. The summed E-state index contributed by atoms with van der Waals surface area (Å²) < 4.78 is 1.53. The fourth-order valence-corrected chi connectivity index (χ4v) is 1.71. The van der Waals surface area contributed by atoms with Crippen molar-refractivity contribution in [3.63, 3.8) is 0 Å². The van der Waals surface area contributed by atoms with Gasteiger partial charge in [0.25, 0.3) is 0 Å². The van der Waals surface area contributed by atoms with Crippen LogP contribution in [0.4, 0.5) is 0 Å². The molecule has 2 aromatic heterocycles. The summed E-state index contributed by atoms with van der Waals surface area (Å²) in [5, 5.41) is 1.02. The molecule has 0 saturated carbocycles. The van der Waals surface area contributed by atoms with Gasteiger partial charge in [-0.2, -0.15) is 0 Å². The van der Waals surface area contributed by atoms with Crippen LogP contribution in [0.5, 0.6) is 0 Å². The lowest BCUT2D eigenvalue weighted by molar-refractivity contribution is 0.981. The molecule has 2 heterocycles. The largest absolute Gasteiger partial charge is 0.330 e. The number of fused-ring (bicyclic) bond motifs is 1. The first-order chi connectivity index (χ1) is 7.84. The zero-order valence-electron chi connectivity index (χ0n) is 8.42. The van der Waals surface area contributed by atoms with Crippen LogP contribution in [0.3, 0.4) is 0 Å². The van der Waals surface area contributed by atoms with Crippen molar-refractivity contribution < 1.29 is 0 Å². The third-order valence-electron chi connectivity index (χ3n) is 2.50. The van der Waals surface area contributed by atoms with E-state index in [1.807, 2.05) is 30.3 Å². The molecule has 0 bridgehead atoms. The van der Waals surface area contributed by atoms with Gasteiger partial charge in [0, 0.05) is 17.8 Å². The Hall–Kier alpha value is -2.36. The van der Waals surface area contributed by atoms with Crippen LogP contribution in [0, 0.1) is 0 Å². The molecule has 3 aromatic rings. The maximum absolute atomic E-state index is 11.4. The number of para-hydroxylation sites is 1. The minimum absolute atomic E-state index is 0.155. The smallest absolute Gasteiger partial charge is 0.312 e. The highest BCUT2D eigenvalue weighted by Crippen LogP contribution is 2.14. The number of hydrogen-bond donors (Lipinski definition) is 1. The standard InChI is InChI=1S/C12H9N3O/c16-12-13-5-6-15(12)10-7-9-3-1-2-4-11(9)14-8-10/h1-8H,(H,13,16). The minimum Gasteiger partial charge on any atom is -0.312 e. The van der Waals surface area contributed by atoms with Crippen LogP contribution in [-0.2, 0) is 0 Å². The van der Waals surface area contributed by atoms with Crippen LogP contribution < -0.4 is 5.69 Å². The summed E-state index contributed by atoms with van der Waals surface area (Å²) >= 11 is 0. The highest BCUT2D eigenvalue weighted by Gasteiger charge is 2.01. The number of benzene rings is 1. The second-order valence-electron chi connectivity index (χ2n) is 3.52. The van der Waals surface area contributed by atoms with Crippen LogP contribution in [0.15, 0.2) is 53.7 Å². The van der Waals surface area contributed by atoms with E-state index in [1.165, 1.54) is 4.57 Å². The summed E-state index contributed by atoms with van der Waals surface area (Å²) in [5.74, 6) is 0.